The number of carbonyl (C=O) groups is 1. The van der Waals surface area contributed by atoms with Gasteiger partial charge in [0.25, 0.3) is 5.56 Å². The third kappa shape index (κ3) is 2.32. The summed E-state index contributed by atoms with van der Waals surface area (Å²) in [7, 11) is 1.33. The largest absolute Gasteiger partial charge is 0.466 e. The van der Waals surface area contributed by atoms with Gasteiger partial charge < -0.3 is 9.72 Å². The number of esters is 1. The Morgan fingerprint density at radius 2 is 2.11 bits per heavy atom. The summed E-state index contributed by atoms with van der Waals surface area (Å²) < 4.78 is 4.57. The van der Waals surface area contributed by atoms with Crippen molar-refractivity contribution in [2.24, 2.45) is 0 Å². The molecule has 4 nitrogen and oxygen atoms in total. The van der Waals surface area contributed by atoms with Gasteiger partial charge in [-0.25, -0.2) is 4.79 Å². The third-order valence-corrected chi connectivity index (χ3v) is 2.77. The zero-order chi connectivity index (χ0) is 13.1. The van der Waals surface area contributed by atoms with Gasteiger partial charge in [-0.1, -0.05) is 12.1 Å². The lowest BCUT2D eigenvalue weighted by Crippen LogP contribution is -2.04. The summed E-state index contributed by atoms with van der Waals surface area (Å²) in [4.78, 5) is 25.5. The second kappa shape index (κ2) is 4.87. The van der Waals surface area contributed by atoms with Crippen LogP contribution < -0.4 is 5.56 Å². The summed E-state index contributed by atoms with van der Waals surface area (Å²) >= 11 is 0. The van der Waals surface area contributed by atoms with Crippen LogP contribution in [-0.4, -0.2) is 18.1 Å². The van der Waals surface area contributed by atoms with Gasteiger partial charge in [-0.3, -0.25) is 4.79 Å². The van der Waals surface area contributed by atoms with Crippen molar-refractivity contribution in [3.63, 3.8) is 0 Å². The first-order valence-corrected chi connectivity index (χ1v) is 5.50. The maximum atomic E-state index is 11.7. The first-order chi connectivity index (χ1) is 8.61. The summed E-state index contributed by atoms with van der Waals surface area (Å²) in [5.41, 5.74) is 1.44. The number of allylic oxidation sites excluding steroid dienone is 1. The number of hydrogen-bond donors (Lipinski definition) is 1. The number of H-pyrrole nitrogens is 1. The topological polar surface area (TPSA) is 59.2 Å². The van der Waals surface area contributed by atoms with Crippen molar-refractivity contribution < 1.29 is 9.53 Å². The van der Waals surface area contributed by atoms with Gasteiger partial charge in [0.2, 0.25) is 0 Å². The number of rotatable bonds is 2. The van der Waals surface area contributed by atoms with Crippen molar-refractivity contribution in [2.75, 3.05) is 7.11 Å². The van der Waals surface area contributed by atoms with Crippen molar-refractivity contribution in [1.29, 1.82) is 0 Å². The van der Waals surface area contributed by atoms with E-state index in [1.807, 2.05) is 18.2 Å². The average molecular weight is 243 g/mol. The molecule has 1 N–H and O–H groups in total. The fraction of sp³-hybridized carbons (Fsp3) is 0.143. The number of aromatic nitrogens is 1. The molecule has 2 aromatic rings. The summed E-state index contributed by atoms with van der Waals surface area (Å²) in [6, 6.07) is 7.33. The van der Waals surface area contributed by atoms with E-state index in [1.165, 1.54) is 13.2 Å². The molecule has 0 aliphatic heterocycles. The predicted molar refractivity (Wildman–Crippen MR) is 70.2 cm³/mol. The van der Waals surface area contributed by atoms with Crippen LogP contribution in [0.3, 0.4) is 0 Å². The van der Waals surface area contributed by atoms with Crippen LogP contribution in [0, 0.1) is 0 Å². The number of pyridine rings is 1. The summed E-state index contributed by atoms with van der Waals surface area (Å²) in [5.74, 6) is -0.408. The first-order valence-electron chi connectivity index (χ1n) is 5.50. The fourth-order valence-electron chi connectivity index (χ4n) is 1.75. The molecule has 0 fully saturated rings. The number of nitrogens with one attached hydrogen (secondary N) is 1. The maximum Gasteiger partial charge on any atom is 0.330 e. The molecule has 4 heteroatoms. The highest BCUT2D eigenvalue weighted by molar-refractivity contribution is 5.93. The molecule has 2 rings (SSSR count). The number of hydrogen-bond acceptors (Lipinski definition) is 3. The number of benzene rings is 1. The second-order valence-electron chi connectivity index (χ2n) is 3.96. The minimum absolute atomic E-state index is 0.139. The van der Waals surface area contributed by atoms with Gasteiger partial charge in [0.15, 0.2) is 0 Å². The minimum Gasteiger partial charge on any atom is -0.466 e. The number of methoxy groups -OCH3 is 1. The number of fused-ring (bicyclic) bond motifs is 1. The molecule has 92 valence electrons. The Kier molecular flexibility index (Phi) is 3.28. The Morgan fingerprint density at radius 3 is 2.83 bits per heavy atom. The van der Waals surface area contributed by atoms with Crippen LogP contribution in [0.25, 0.3) is 16.3 Å². The Labute approximate surface area is 104 Å². The zero-order valence-corrected chi connectivity index (χ0v) is 10.2. The van der Waals surface area contributed by atoms with E-state index in [2.05, 4.69) is 9.72 Å². The molecule has 1 heterocycles. The highest BCUT2D eigenvalue weighted by Gasteiger charge is 2.03. The van der Waals surface area contributed by atoms with Crippen molar-refractivity contribution in [3.8, 4) is 0 Å². The van der Waals surface area contributed by atoms with Crippen LogP contribution in [0.5, 0.6) is 0 Å². The molecule has 0 saturated carbocycles. The van der Waals surface area contributed by atoms with Gasteiger partial charge >= 0.3 is 5.97 Å². The van der Waals surface area contributed by atoms with Crippen LogP contribution in [0.1, 0.15) is 12.5 Å². The molecular formula is C14H13NO3. The smallest absolute Gasteiger partial charge is 0.330 e. The summed E-state index contributed by atoms with van der Waals surface area (Å²) in [5, 5.41) is 1.47. The Morgan fingerprint density at radius 1 is 1.33 bits per heavy atom. The Bertz CT molecular complexity index is 683. The fourth-order valence-corrected chi connectivity index (χ4v) is 1.75. The van der Waals surface area contributed by atoms with Crippen molar-refractivity contribution in [2.45, 2.75) is 6.92 Å². The highest BCUT2D eigenvalue weighted by atomic mass is 16.5. The van der Waals surface area contributed by atoms with Crippen LogP contribution in [0.4, 0.5) is 0 Å². The lowest BCUT2D eigenvalue weighted by molar-refractivity contribution is -0.134. The molecule has 18 heavy (non-hydrogen) atoms. The first kappa shape index (κ1) is 12.1. The quantitative estimate of drug-likeness (QED) is 0.649. The molecule has 0 aliphatic rings. The zero-order valence-electron chi connectivity index (χ0n) is 10.2. The molecule has 0 bridgehead atoms. The molecule has 1 aromatic carbocycles. The van der Waals surface area contributed by atoms with Gasteiger partial charge in [0.05, 0.1) is 7.11 Å². The maximum absolute atomic E-state index is 11.7. The molecule has 1 aromatic heterocycles. The molecule has 0 atom stereocenters. The van der Waals surface area contributed by atoms with Gasteiger partial charge in [-0.15, -0.1) is 0 Å². The van der Waals surface area contributed by atoms with Gasteiger partial charge in [-0.2, -0.15) is 0 Å². The van der Waals surface area contributed by atoms with E-state index in [0.29, 0.717) is 5.39 Å². The van der Waals surface area contributed by atoms with E-state index >= 15 is 0 Å². The summed E-state index contributed by atoms with van der Waals surface area (Å²) in [6.07, 6.45) is 3.01. The lowest BCUT2D eigenvalue weighted by atomic mass is 10.0. The molecule has 0 radical (unpaired) electrons. The normalized spacial score (nSPS) is 11.6. The molecule has 0 spiro atoms. The van der Waals surface area contributed by atoms with Crippen LogP contribution in [0.15, 0.2) is 41.3 Å². The predicted octanol–water partition coefficient (Wildman–Crippen LogP) is 2.10. The van der Waals surface area contributed by atoms with Crippen molar-refractivity contribution >= 4 is 22.3 Å². The van der Waals surface area contributed by atoms with E-state index < -0.39 is 5.97 Å². The lowest BCUT2D eigenvalue weighted by Gasteiger charge is -2.03. The average Bonchev–Trinajstić information content (AvgIpc) is 2.38. The molecule has 0 aliphatic carbocycles. The van der Waals surface area contributed by atoms with Gasteiger partial charge in [0, 0.05) is 17.7 Å². The van der Waals surface area contributed by atoms with E-state index in [1.54, 1.807) is 19.2 Å². The van der Waals surface area contributed by atoms with Crippen molar-refractivity contribution in [1.82, 2.24) is 4.98 Å². The van der Waals surface area contributed by atoms with Crippen LogP contribution >= 0.6 is 0 Å². The third-order valence-electron chi connectivity index (χ3n) is 2.77. The molecular weight excluding hydrogens is 230 g/mol. The standard InChI is InChI=1S/C14H13NO3/c1-9(7-13(16)18-2)11-4-3-10-5-6-15-14(17)12(10)8-11/h3-8H,1-2H3,(H,15,17). The van der Waals surface area contributed by atoms with E-state index in [4.69, 9.17) is 0 Å². The number of ether oxygens (including phenoxy) is 1. The summed E-state index contributed by atoms with van der Waals surface area (Å²) in [6.45, 7) is 1.80. The molecule has 0 amide bonds. The SMILES string of the molecule is COC(=O)C=C(C)c1ccc2cc[nH]c(=O)c2c1. The van der Waals surface area contributed by atoms with E-state index in [-0.39, 0.29) is 5.56 Å². The molecule has 0 saturated heterocycles. The van der Waals surface area contributed by atoms with Crippen LogP contribution in [-0.2, 0) is 9.53 Å². The van der Waals surface area contributed by atoms with E-state index in [9.17, 15) is 9.59 Å². The Hall–Kier alpha value is -2.36. The van der Waals surface area contributed by atoms with Gasteiger partial charge in [0.1, 0.15) is 0 Å². The number of aromatic amines is 1. The Balaban J connectivity index is 2.54. The van der Waals surface area contributed by atoms with E-state index in [0.717, 1.165) is 16.5 Å². The van der Waals surface area contributed by atoms with Crippen molar-refractivity contribution in [3.05, 3.63) is 52.5 Å². The second-order valence-corrected chi connectivity index (χ2v) is 3.96. The van der Waals surface area contributed by atoms with Crippen LogP contribution in [0.2, 0.25) is 0 Å². The van der Waals surface area contributed by atoms with Gasteiger partial charge in [-0.05, 0) is 35.6 Å². The minimum atomic E-state index is -0.408. The highest BCUT2D eigenvalue weighted by Crippen LogP contribution is 2.18. The molecule has 0 unspecified atom stereocenters. The number of carbonyl (C=O) groups excluding carboxylic acids is 1. The monoisotopic (exact) mass is 243 g/mol.